The fourth-order valence-electron chi connectivity index (χ4n) is 1.90. The van der Waals surface area contributed by atoms with E-state index >= 15 is 0 Å². The van der Waals surface area contributed by atoms with Crippen molar-refractivity contribution in [2.75, 3.05) is 6.54 Å². The van der Waals surface area contributed by atoms with E-state index in [9.17, 15) is 9.59 Å². The highest BCUT2D eigenvalue weighted by atomic mass is 16.2. The van der Waals surface area contributed by atoms with Crippen molar-refractivity contribution >= 4 is 12.2 Å². The molecule has 0 saturated carbocycles. The minimum absolute atomic E-state index is 0.0105. The normalized spacial score (nSPS) is 27.3. The third-order valence-electron chi connectivity index (χ3n) is 2.60. The van der Waals surface area contributed by atoms with E-state index in [1.54, 1.807) is 4.90 Å². The number of amides is 1. The molecule has 0 aromatic rings. The Balaban J connectivity index is 2.67. The first-order valence-electron chi connectivity index (χ1n) is 4.54. The molecule has 1 aliphatic heterocycles. The second-order valence-electron chi connectivity index (χ2n) is 3.41. The monoisotopic (exact) mass is 181 g/mol. The van der Waals surface area contributed by atoms with Gasteiger partial charge in [0.2, 0.25) is 5.91 Å². The summed E-state index contributed by atoms with van der Waals surface area (Å²) in [6.45, 7) is 5.86. The first kappa shape index (κ1) is 9.96. The van der Waals surface area contributed by atoms with Crippen LogP contribution in [0.1, 0.15) is 19.8 Å². The van der Waals surface area contributed by atoms with Crippen molar-refractivity contribution in [3.8, 4) is 0 Å². The van der Waals surface area contributed by atoms with E-state index < -0.39 is 0 Å². The van der Waals surface area contributed by atoms with Crippen LogP contribution in [0.25, 0.3) is 0 Å². The van der Waals surface area contributed by atoms with Gasteiger partial charge in [-0.15, -0.1) is 6.58 Å². The quantitative estimate of drug-likeness (QED) is 0.481. The van der Waals surface area contributed by atoms with Crippen molar-refractivity contribution in [3.05, 3.63) is 12.7 Å². The van der Waals surface area contributed by atoms with Crippen LogP contribution in [0.3, 0.4) is 0 Å². The molecule has 1 rings (SSSR count). The average Bonchev–Trinajstić information content (AvgIpc) is 2.48. The minimum Gasteiger partial charge on any atom is -0.333 e. The topological polar surface area (TPSA) is 37.4 Å². The Morgan fingerprint density at radius 3 is 2.85 bits per heavy atom. The second kappa shape index (κ2) is 4.21. The Morgan fingerprint density at radius 2 is 2.38 bits per heavy atom. The van der Waals surface area contributed by atoms with Gasteiger partial charge in [-0.2, -0.15) is 0 Å². The number of aldehydes is 1. The summed E-state index contributed by atoms with van der Waals surface area (Å²) in [6.07, 6.45) is 4.41. The highest BCUT2D eigenvalue weighted by Crippen LogP contribution is 2.25. The smallest absolute Gasteiger partial charge is 0.220 e. The lowest BCUT2D eigenvalue weighted by Gasteiger charge is -2.21. The number of carbonyl (C=O) groups is 2. The van der Waals surface area contributed by atoms with Crippen LogP contribution in [0, 0.1) is 5.92 Å². The van der Waals surface area contributed by atoms with Gasteiger partial charge in [0.1, 0.15) is 6.29 Å². The maximum atomic E-state index is 11.1. The lowest BCUT2D eigenvalue weighted by molar-refractivity contribution is -0.133. The van der Waals surface area contributed by atoms with Crippen molar-refractivity contribution < 1.29 is 9.59 Å². The van der Waals surface area contributed by atoms with E-state index in [-0.39, 0.29) is 17.9 Å². The maximum absolute atomic E-state index is 11.1. The molecule has 0 aromatic heterocycles. The van der Waals surface area contributed by atoms with Gasteiger partial charge in [-0.3, -0.25) is 4.79 Å². The Labute approximate surface area is 78.4 Å². The van der Waals surface area contributed by atoms with E-state index in [4.69, 9.17) is 0 Å². The molecular formula is C10H15NO2. The second-order valence-corrected chi connectivity index (χ2v) is 3.41. The number of hydrogen-bond acceptors (Lipinski definition) is 2. The van der Waals surface area contributed by atoms with E-state index in [0.29, 0.717) is 6.54 Å². The SMILES string of the molecule is C=CC[C@H]1CCN(C(C)=O)[C@@H]1C=O. The van der Waals surface area contributed by atoms with Crippen LogP contribution in [0.4, 0.5) is 0 Å². The van der Waals surface area contributed by atoms with Gasteiger partial charge in [-0.1, -0.05) is 6.08 Å². The van der Waals surface area contributed by atoms with Gasteiger partial charge >= 0.3 is 0 Å². The van der Waals surface area contributed by atoms with Crippen LogP contribution in [-0.4, -0.2) is 29.7 Å². The number of hydrogen-bond donors (Lipinski definition) is 0. The van der Waals surface area contributed by atoms with Crippen LogP contribution in [0.15, 0.2) is 12.7 Å². The molecule has 13 heavy (non-hydrogen) atoms. The highest BCUT2D eigenvalue weighted by Gasteiger charge is 2.34. The number of rotatable bonds is 3. The van der Waals surface area contributed by atoms with Gasteiger partial charge < -0.3 is 9.69 Å². The summed E-state index contributed by atoms with van der Waals surface area (Å²) in [4.78, 5) is 23.5. The van der Waals surface area contributed by atoms with Crippen LogP contribution < -0.4 is 0 Å². The molecule has 2 atom stereocenters. The zero-order valence-electron chi connectivity index (χ0n) is 7.90. The molecule has 1 amide bonds. The van der Waals surface area contributed by atoms with E-state index in [1.165, 1.54) is 6.92 Å². The Kier molecular flexibility index (Phi) is 3.23. The molecule has 0 aliphatic carbocycles. The number of allylic oxidation sites excluding steroid dienone is 1. The van der Waals surface area contributed by atoms with Crippen molar-refractivity contribution in [2.24, 2.45) is 5.92 Å². The zero-order chi connectivity index (χ0) is 9.84. The largest absolute Gasteiger partial charge is 0.333 e. The Hall–Kier alpha value is -1.12. The molecule has 72 valence electrons. The van der Waals surface area contributed by atoms with Gasteiger partial charge in [0.15, 0.2) is 0 Å². The van der Waals surface area contributed by atoms with Gasteiger partial charge in [0, 0.05) is 13.5 Å². The summed E-state index contributed by atoms with van der Waals surface area (Å²) >= 11 is 0. The van der Waals surface area contributed by atoms with E-state index in [1.807, 2.05) is 6.08 Å². The van der Waals surface area contributed by atoms with Gasteiger partial charge in [-0.05, 0) is 18.8 Å². The molecule has 1 saturated heterocycles. The molecule has 1 fully saturated rings. The lowest BCUT2D eigenvalue weighted by Crippen LogP contribution is -2.37. The maximum Gasteiger partial charge on any atom is 0.220 e. The van der Waals surface area contributed by atoms with Crippen LogP contribution >= 0.6 is 0 Å². The predicted octanol–water partition coefficient (Wildman–Crippen LogP) is 0.998. The average molecular weight is 181 g/mol. The van der Waals surface area contributed by atoms with Gasteiger partial charge in [0.05, 0.1) is 6.04 Å². The molecule has 0 N–H and O–H groups in total. The lowest BCUT2D eigenvalue weighted by atomic mass is 9.98. The summed E-state index contributed by atoms with van der Waals surface area (Å²) in [6, 6.07) is -0.226. The van der Waals surface area contributed by atoms with Crippen molar-refractivity contribution in [3.63, 3.8) is 0 Å². The van der Waals surface area contributed by atoms with Crippen molar-refractivity contribution in [1.29, 1.82) is 0 Å². The summed E-state index contributed by atoms with van der Waals surface area (Å²) in [5.74, 6) is 0.266. The molecule has 0 aromatic carbocycles. The molecule has 0 spiro atoms. The summed E-state index contributed by atoms with van der Waals surface area (Å²) in [7, 11) is 0. The predicted molar refractivity (Wildman–Crippen MR) is 50.2 cm³/mol. The van der Waals surface area contributed by atoms with Crippen LogP contribution in [0.5, 0.6) is 0 Å². The molecule has 1 aliphatic rings. The molecular weight excluding hydrogens is 166 g/mol. The summed E-state index contributed by atoms with van der Waals surface area (Å²) in [5.41, 5.74) is 0. The molecule has 3 nitrogen and oxygen atoms in total. The fourth-order valence-corrected chi connectivity index (χ4v) is 1.90. The molecule has 0 bridgehead atoms. The van der Waals surface area contributed by atoms with Crippen LogP contribution in [0.2, 0.25) is 0 Å². The minimum atomic E-state index is -0.226. The highest BCUT2D eigenvalue weighted by molar-refractivity contribution is 5.78. The first-order valence-corrected chi connectivity index (χ1v) is 4.54. The molecule has 1 heterocycles. The van der Waals surface area contributed by atoms with Crippen LogP contribution in [-0.2, 0) is 9.59 Å². The van der Waals surface area contributed by atoms with Crippen molar-refractivity contribution in [1.82, 2.24) is 4.90 Å². The Morgan fingerprint density at radius 1 is 1.69 bits per heavy atom. The summed E-state index contributed by atoms with van der Waals surface area (Å²) < 4.78 is 0. The zero-order valence-corrected chi connectivity index (χ0v) is 7.90. The number of likely N-dealkylation sites (tertiary alicyclic amines) is 1. The Bertz CT molecular complexity index is 225. The first-order chi connectivity index (χ1) is 6.20. The third-order valence-corrected chi connectivity index (χ3v) is 2.60. The summed E-state index contributed by atoms with van der Waals surface area (Å²) in [5, 5.41) is 0. The van der Waals surface area contributed by atoms with Gasteiger partial charge in [0.25, 0.3) is 0 Å². The standard InChI is InChI=1S/C10H15NO2/c1-3-4-9-5-6-11(8(2)13)10(9)7-12/h3,7,9-10H,1,4-6H2,2H3/t9-,10+/m0/s1. The number of carbonyl (C=O) groups excluding carboxylic acids is 2. The molecule has 0 radical (unpaired) electrons. The molecule has 0 unspecified atom stereocenters. The van der Waals surface area contributed by atoms with E-state index in [2.05, 4.69) is 6.58 Å². The van der Waals surface area contributed by atoms with Gasteiger partial charge in [-0.25, -0.2) is 0 Å². The number of nitrogens with zero attached hydrogens (tertiary/aromatic N) is 1. The third kappa shape index (κ3) is 1.97. The fraction of sp³-hybridized carbons (Fsp3) is 0.600. The molecule has 3 heteroatoms. The van der Waals surface area contributed by atoms with Crippen molar-refractivity contribution in [2.45, 2.75) is 25.8 Å². The van der Waals surface area contributed by atoms with E-state index in [0.717, 1.165) is 19.1 Å².